The zero-order valence-corrected chi connectivity index (χ0v) is 8.94. The summed E-state index contributed by atoms with van der Waals surface area (Å²) in [5, 5.41) is 1.53. The van der Waals surface area contributed by atoms with Gasteiger partial charge < -0.3 is 9.92 Å². The Labute approximate surface area is 92.4 Å². The van der Waals surface area contributed by atoms with E-state index in [0.29, 0.717) is 5.69 Å². The summed E-state index contributed by atoms with van der Waals surface area (Å²) in [7, 11) is -4.49. The molecule has 84 valence electrons. The summed E-state index contributed by atoms with van der Waals surface area (Å²) in [6.45, 7) is 0. The monoisotopic (exact) mass is 239 g/mol. The zero-order valence-electron chi connectivity index (χ0n) is 8.12. The standard InChI is InChI=1S/C10H9NO4S/c11-10-3-1-2-7-6-8(4-5-9(7)10)15-16(12,13)14/h1-6H,11H2,(H,12,13,14). The van der Waals surface area contributed by atoms with Crippen LogP contribution in [0.25, 0.3) is 10.8 Å². The maximum absolute atomic E-state index is 10.5. The quantitative estimate of drug-likeness (QED) is 0.613. The molecule has 0 unspecified atom stereocenters. The predicted molar refractivity (Wildman–Crippen MR) is 60.5 cm³/mol. The number of hydrogen-bond donors (Lipinski definition) is 2. The smallest absolute Gasteiger partial charge is 0.398 e. The Hall–Kier alpha value is -1.79. The maximum Gasteiger partial charge on any atom is 0.446 e. The third kappa shape index (κ3) is 2.23. The second-order valence-electron chi connectivity index (χ2n) is 3.24. The molecule has 0 radical (unpaired) electrons. The van der Waals surface area contributed by atoms with Crippen LogP contribution >= 0.6 is 0 Å². The van der Waals surface area contributed by atoms with Crippen molar-refractivity contribution in [2.24, 2.45) is 0 Å². The second-order valence-corrected chi connectivity index (χ2v) is 4.26. The Morgan fingerprint density at radius 2 is 1.94 bits per heavy atom. The molecule has 5 nitrogen and oxygen atoms in total. The van der Waals surface area contributed by atoms with Gasteiger partial charge in [0.15, 0.2) is 0 Å². The Morgan fingerprint density at radius 1 is 1.19 bits per heavy atom. The van der Waals surface area contributed by atoms with E-state index < -0.39 is 10.4 Å². The zero-order chi connectivity index (χ0) is 11.8. The van der Waals surface area contributed by atoms with E-state index in [4.69, 9.17) is 10.3 Å². The van der Waals surface area contributed by atoms with Crippen molar-refractivity contribution >= 4 is 26.9 Å². The molecular weight excluding hydrogens is 230 g/mol. The van der Waals surface area contributed by atoms with Gasteiger partial charge in [0.2, 0.25) is 0 Å². The van der Waals surface area contributed by atoms with Crippen LogP contribution in [0, 0.1) is 0 Å². The molecule has 0 saturated heterocycles. The summed E-state index contributed by atoms with van der Waals surface area (Å²) in [6.07, 6.45) is 0. The number of fused-ring (bicyclic) bond motifs is 1. The molecule has 0 aliphatic carbocycles. The van der Waals surface area contributed by atoms with E-state index in [9.17, 15) is 8.42 Å². The Kier molecular flexibility index (Phi) is 2.45. The minimum Gasteiger partial charge on any atom is -0.398 e. The molecule has 0 aliphatic heterocycles. The van der Waals surface area contributed by atoms with Crippen molar-refractivity contribution in [1.29, 1.82) is 0 Å². The van der Waals surface area contributed by atoms with E-state index in [2.05, 4.69) is 4.18 Å². The van der Waals surface area contributed by atoms with Crippen LogP contribution in [0.2, 0.25) is 0 Å². The largest absolute Gasteiger partial charge is 0.446 e. The first-order valence-corrected chi connectivity index (χ1v) is 5.77. The van der Waals surface area contributed by atoms with E-state index in [0.717, 1.165) is 10.8 Å². The fraction of sp³-hybridized carbons (Fsp3) is 0. The van der Waals surface area contributed by atoms with E-state index in [-0.39, 0.29) is 5.75 Å². The number of hydrogen-bond acceptors (Lipinski definition) is 4. The van der Waals surface area contributed by atoms with Crippen molar-refractivity contribution < 1.29 is 17.2 Å². The van der Waals surface area contributed by atoms with Gasteiger partial charge in [-0.15, -0.1) is 0 Å². The first-order valence-electron chi connectivity index (χ1n) is 4.41. The summed E-state index contributed by atoms with van der Waals surface area (Å²) in [5.74, 6) is 0.0422. The van der Waals surface area contributed by atoms with Gasteiger partial charge in [0.05, 0.1) is 0 Å². The van der Waals surface area contributed by atoms with Crippen LogP contribution in [0.4, 0.5) is 5.69 Å². The molecule has 0 saturated carbocycles. The molecule has 16 heavy (non-hydrogen) atoms. The van der Waals surface area contributed by atoms with Crippen LogP contribution < -0.4 is 9.92 Å². The summed E-state index contributed by atoms with van der Waals surface area (Å²) >= 11 is 0. The summed E-state index contributed by atoms with van der Waals surface area (Å²) in [5.41, 5.74) is 6.32. The van der Waals surface area contributed by atoms with E-state index in [1.165, 1.54) is 12.1 Å². The lowest BCUT2D eigenvalue weighted by atomic mass is 10.1. The Morgan fingerprint density at radius 3 is 2.62 bits per heavy atom. The predicted octanol–water partition coefficient (Wildman–Crippen LogP) is 1.60. The van der Waals surface area contributed by atoms with E-state index in [1.54, 1.807) is 24.3 Å². The van der Waals surface area contributed by atoms with Crippen molar-refractivity contribution in [2.75, 3.05) is 5.73 Å². The molecule has 0 aromatic heterocycles. The first kappa shape index (κ1) is 10.7. The molecular formula is C10H9NO4S. The number of nitrogens with two attached hydrogens (primary N) is 1. The molecule has 0 fully saturated rings. The molecule has 0 atom stereocenters. The molecule has 0 amide bonds. The highest BCUT2D eigenvalue weighted by molar-refractivity contribution is 7.81. The van der Waals surface area contributed by atoms with Crippen LogP contribution in [0.15, 0.2) is 36.4 Å². The van der Waals surface area contributed by atoms with Gasteiger partial charge in [0, 0.05) is 11.1 Å². The molecule has 2 aromatic carbocycles. The average molecular weight is 239 g/mol. The highest BCUT2D eigenvalue weighted by atomic mass is 32.3. The van der Waals surface area contributed by atoms with Crippen LogP contribution in [-0.4, -0.2) is 13.0 Å². The van der Waals surface area contributed by atoms with Gasteiger partial charge in [-0.3, -0.25) is 4.55 Å². The molecule has 0 spiro atoms. The summed E-state index contributed by atoms with van der Waals surface area (Å²) < 4.78 is 33.9. The lowest BCUT2D eigenvalue weighted by Gasteiger charge is -2.04. The molecule has 0 heterocycles. The molecule has 6 heteroatoms. The number of benzene rings is 2. The third-order valence-corrected chi connectivity index (χ3v) is 2.49. The molecule has 2 rings (SSSR count). The van der Waals surface area contributed by atoms with Crippen LogP contribution in [0.1, 0.15) is 0 Å². The van der Waals surface area contributed by atoms with Crippen LogP contribution in [0.3, 0.4) is 0 Å². The fourth-order valence-electron chi connectivity index (χ4n) is 1.46. The fourth-order valence-corrected chi connectivity index (χ4v) is 1.81. The van der Waals surface area contributed by atoms with Crippen molar-refractivity contribution in [2.45, 2.75) is 0 Å². The highest BCUT2D eigenvalue weighted by Gasteiger charge is 2.07. The molecule has 3 N–H and O–H groups in total. The van der Waals surface area contributed by atoms with Crippen LogP contribution in [-0.2, 0) is 10.4 Å². The first-order chi connectivity index (χ1) is 7.46. The van der Waals surface area contributed by atoms with Gasteiger partial charge in [-0.25, -0.2) is 0 Å². The molecule has 0 aliphatic rings. The lowest BCUT2D eigenvalue weighted by Crippen LogP contribution is -2.06. The normalized spacial score (nSPS) is 11.6. The maximum atomic E-state index is 10.5. The second kappa shape index (κ2) is 3.66. The number of nitrogen functional groups attached to an aromatic ring is 1. The van der Waals surface area contributed by atoms with E-state index in [1.807, 2.05) is 0 Å². The van der Waals surface area contributed by atoms with Gasteiger partial charge in [-0.1, -0.05) is 12.1 Å². The van der Waals surface area contributed by atoms with Gasteiger partial charge in [0.1, 0.15) is 5.75 Å². The molecule has 0 bridgehead atoms. The Balaban J connectivity index is 2.53. The minimum absolute atomic E-state index is 0.0422. The number of anilines is 1. The van der Waals surface area contributed by atoms with Crippen molar-refractivity contribution in [1.82, 2.24) is 0 Å². The molecule has 2 aromatic rings. The van der Waals surface area contributed by atoms with Crippen molar-refractivity contribution in [3.05, 3.63) is 36.4 Å². The number of rotatable bonds is 2. The van der Waals surface area contributed by atoms with Crippen molar-refractivity contribution in [3.8, 4) is 5.75 Å². The SMILES string of the molecule is Nc1cccc2cc(OS(=O)(=O)O)ccc12. The van der Waals surface area contributed by atoms with Gasteiger partial charge >= 0.3 is 10.4 Å². The minimum atomic E-state index is -4.49. The lowest BCUT2D eigenvalue weighted by molar-refractivity contribution is 0.387. The summed E-state index contributed by atoms with van der Waals surface area (Å²) in [4.78, 5) is 0. The third-order valence-electron chi connectivity index (χ3n) is 2.09. The van der Waals surface area contributed by atoms with Gasteiger partial charge in [0.25, 0.3) is 0 Å². The highest BCUT2D eigenvalue weighted by Crippen LogP contribution is 2.25. The van der Waals surface area contributed by atoms with Gasteiger partial charge in [-0.2, -0.15) is 8.42 Å². The van der Waals surface area contributed by atoms with Crippen LogP contribution in [0.5, 0.6) is 5.75 Å². The Bertz CT molecular complexity index is 636. The van der Waals surface area contributed by atoms with E-state index >= 15 is 0 Å². The van der Waals surface area contributed by atoms with Crippen molar-refractivity contribution in [3.63, 3.8) is 0 Å². The average Bonchev–Trinajstić information content (AvgIpc) is 2.15. The summed E-state index contributed by atoms with van der Waals surface area (Å²) in [6, 6.07) is 9.79. The topological polar surface area (TPSA) is 89.6 Å². The van der Waals surface area contributed by atoms with Gasteiger partial charge in [-0.05, 0) is 29.7 Å².